The molecule has 1 amide bonds. The van der Waals surface area contributed by atoms with Crippen molar-refractivity contribution in [3.8, 4) is 0 Å². The molecule has 1 aliphatic heterocycles. The molecule has 1 unspecified atom stereocenters. The molecule has 0 radical (unpaired) electrons. The van der Waals surface area contributed by atoms with Crippen LogP contribution in [0.15, 0.2) is 64.9 Å². The number of benzene rings is 3. The Morgan fingerprint density at radius 3 is 2.50 bits per heavy atom. The van der Waals surface area contributed by atoms with E-state index in [2.05, 4.69) is 20.5 Å². The lowest BCUT2D eigenvalue weighted by Crippen LogP contribution is -2.43. The lowest BCUT2D eigenvalue weighted by molar-refractivity contribution is -0.276. The highest BCUT2D eigenvalue weighted by atomic mass is 35.5. The fraction of sp³-hybridized carbons (Fsp3) is 0.240. The van der Waals surface area contributed by atoms with Gasteiger partial charge in [-0.1, -0.05) is 52.2 Å². The number of nitrogens with zero attached hydrogens (tertiary/aromatic N) is 2. The average Bonchev–Trinajstić information content (AvgIpc) is 3.32. The topological polar surface area (TPSA) is 72.3 Å². The summed E-state index contributed by atoms with van der Waals surface area (Å²) >= 11 is 5.77. The van der Waals surface area contributed by atoms with Crippen molar-refractivity contribution >= 4 is 40.2 Å². The fourth-order valence-electron chi connectivity index (χ4n) is 4.13. The molecule has 0 aliphatic carbocycles. The number of fused-ring (bicyclic) bond motifs is 1. The largest absolute Gasteiger partial charge is 0.435 e. The van der Waals surface area contributed by atoms with Crippen molar-refractivity contribution in [3.63, 3.8) is 0 Å². The maximum absolute atomic E-state index is 14.4. The third-order valence-corrected chi connectivity index (χ3v) is 6.11. The number of carbonyl (C=O) groups is 1. The molecule has 200 valence electrons. The summed E-state index contributed by atoms with van der Waals surface area (Å²) in [6, 6.07) is 11.0. The summed E-state index contributed by atoms with van der Waals surface area (Å²) in [6.07, 6.45) is -9.67. The zero-order valence-electron chi connectivity index (χ0n) is 19.5. The Hall–Kier alpha value is -3.80. The summed E-state index contributed by atoms with van der Waals surface area (Å²) in [5, 5.41) is 10.1. The molecule has 6 nitrogen and oxygen atoms in total. The van der Waals surface area contributed by atoms with E-state index in [9.17, 15) is 31.1 Å². The van der Waals surface area contributed by atoms with Crippen molar-refractivity contribution in [2.75, 3.05) is 13.7 Å². The van der Waals surface area contributed by atoms with Crippen molar-refractivity contribution in [1.82, 2.24) is 5.32 Å². The van der Waals surface area contributed by atoms with Gasteiger partial charge < -0.3 is 15.0 Å². The molecular weight excluding hydrogens is 540 g/mol. The van der Waals surface area contributed by atoms with Gasteiger partial charge in [-0.05, 0) is 35.0 Å². The number of alkyl halides is 6. The molecule has 0 saturated heterocycles. The van der Waals surface area contributed by atoms with E-state index < -0.39 is 46.4 Å². The summed E-state index contributed by atoms with van der Waals surface area (Å²) in [5.74, 6) is -0.469. The maximum Gasteiger partial charge on any atom is 0.435 e. The zero-order valence-corrected chi connectivity index (χ0v) is 20.2. The fourth-order valence-corrected chi connectivity index (χ4v) is 4.36. The van der Waals surface area contributed by atoms with Gasteiger partial charge in [0, 0.05) is 28.1 Å². The molecule has 0 bridgehead atoms. The van der Waals surface area contributed by atoms with E-state index in [-0.39, 0.29) is 23.4 Å². The van der Waals surface area contributed by atoms with Crippen LogP contribution >= 0.6 is 11.6 Å². The molecule has 0 spiro atoms. The van der Waals surface area contributed by atoms with Crippen LogP contribution in [0.3, 0.4) is 0 Å². The van der Waals surface area contributed by atoms with E-state index in [0.29, 0.717) is 22.9 Å². The predicted octanol–water partition coefficient (Wildman–Crippen LogP) is 6.46. The van der Waals surface area contributed by atoms with Gasteiger partial charge in [0.05, 0.1) is 24.0 Å². The minimum atomic E-state index is -5.15. The zero-order chi connectivity index (χ0) is 27.7. The second-order valence-electron chi connectivity index (χ2n) is 8.24. The van der Waals surface area contributed by atoms with Crippen molar-refractivity contribution < 1.29 is 40.8 Å². The SMILES string of the molecule is CON=CCNC(=O)c1ccc(C2=NOC(c3cc(Cl)cc(C(F)(F)F)c3)(C(F)(F)F)C2)c2ccccc12. The van der Waals surface area contributed by atoms with Crippen LogP contribution in [-0.4, -0.2) is 37.7 Å². The monoisotopic (exact) mass is 557 g/mol. The van der Waals surface area contributed by atoms with Crippen LogP contribution < -0.4 is 5.32 Å². The minimum Gasteiger partial charge on any atom is -0.399 e. The second kappa shape index (κ2) is 10.2. The first kappa shape index (κ1) is 27.2. The van der Waals surface area contributed by atoms with Gasteiger partial charge in [-0.15, -0.1) is 0 Å². The standard InChI is InChI=1S/C25H18ClF6N3O3/c1-37-34-9-8-33-22(36)20-7-6-19(17-4-2-3-5-18(17)20)21-13-23(38-35-21,25(30,31)32)14-10-15(24(27,28)29)12-16(26)11-14/h2-7,9-12H,8,13H2,1H3,(H,33,36). The number of nitrogens with one attached hydrogen (secondary N) is 1. The molecule has 1 heterocycles. The van der Waals surface area contributed by atoms with Crippen LogP contribution in [0.5, 0.6) is 0 Å². The first-order valence-corrected chi connectivity index (χ1v) is 11.3. The number of amides is 1. The number of rotatable bonds is 6. The van der Waals surface area contributed by atoms with Crippen LogP contribution in [0.4, 0.5) is 26.3 Å². The highest BCUT2D eigenvalue weighted by Crippen LogP contribution is 2.50. The average molecular weight is 558 g/mol. The Morgan fingerprint density at radius 1 is 1.13 bits per heavy atom. The third kappa shape index (κ3) is 5.13. The number of hydrogen-bond donors (Lipinski definition) is 1. The molecule has 0 saturated carbocycles. The minimum absolute atomic E-state index is 0.0664. The van der Waals surface area contributed by atoms with Gasteiger partial charge in [0.1, 0.15) is 7.11 Å². The van der Waals surface area contributed by atoms with Crippen molar-refractivity contribution in [3.05, 3.63) is 81.9 Å². The molecule has 3 aromatic carbocycles. The van der Waals surface area contributed by atoms with Gasteiger partial charge in [-0.25, -0.2) is 0 Å². The Kier molecular flexibility index (Phi) is 7.29. The number of carbonyl (C=O) groups excluding carboxylic acids is 1. The number of hydrogen-bond acceptors (Lipinski definition) is 5. The molecule has 0 aromatic heterocycles. The summed E-state index contributed by atoms with van der Waals surface area (Å²) in [7, 11) is 1.34. The molecule has 38 heavy (non-hydrogen) atoms. The molecule has 3 aromatic rings. The number of oxime groups is 2. The highest BCUT2D eigenvalue weighted by Gasteiger charge is 2.62. The molecule has 13 heteroatoms. The van der Waals surface area contributed by atoms with Crippen molar-refractivity contribution in [1.29, 1.82) is 0 Å². The Morgan fingerprint density at radius 2 is 1.84 bits per heavy atom. The Balaban J connectivity index is 1.75. The summed E-state index contributed by atoms with van der Waals surface area (Å²) in [5.41, 5.74) is -5.08. The van der Waals surface area contributed by atoms with Crippen LogP contribution in [0.25, 0.3) is 10.8 Å². The van der Waals surface area contributed by atoms with Crippen LogP contribution in [0.1, 0.15) is 33.5 Å². The van der Waals surface area contributed by atoms with Crippen molar-refractivity contribution in [2.45, 2.75) is 24.4 Å². The van der Waals surface area contributed by atoms with E-state index >= 15 is 0 Å². The first-order valence-electron chi connectivity index (χ1n) is 10.9. The third-order valence-electron chi connectivity index (χ3n) is 5.89. The van der Waals surface area contributed by atoms with Crippen LogP contribution in [0.2, 0.25) is 5.02 Å². The molecular formula is C25H18ClF6N3O3. The number of halogens is 7. The van der Waals surface area contributed by atoms with E-state index in [1.54, 1.807) is 24.3 Å². The summed E-state index contributed by atoms with van der Waals surface area (Å²) in [4.78, 5) is 22.1. The first-order chi connectivity index (χ1) is 17.9. The molecule has 0 fully saturated rings. The smallest absolute Gasteiger partial charge is 0.399 e. The Labute approximate surface area is 216 Å². The summed E-state index contributed by atoms with van der Waals surface area (Å²) < 4.78 is 83.2. The van der Waals surface area contributed by atoms with Gasteiger partial charge in [0.25, 0.3) is 11.5 Å². The van der Waals surface area contributed by atoms with E-state index in [4.69, 9.17) is 16.4 Å². The van der Waals surface area contributed by atoms with Gasteiger partial charge in [-0.2, -0.15) is 26.3 Å². The van der Waals surface area contributed by atoms with Crippen molar-refractivity contribution in [2.24, 2.45) is 10.3 Å². The second-order valence-corrected chi connectivity index (χ2v) is 8.68. The maximum atomic E-state index is 14.4. The molecule has 1 atom stereocenters. The quantitative estimate of drug-likeness (QED) is 0.215. The van der Waals surface area contributed by atoms with Crippen LogP contribution in [-0.2, 0) is 21.5 Å². The van der Waals surface area contributed by atoms with Gasteiger partial charge in [0.2, 0.25) is 0 Å². The predicted molar refractivity (Wildman–Crippen MR) is 128 cm³/mol. The van der Waals surface area contributed by atoms with E-state index in [1.165, 1.54) is 25.5 Å². The van der Waals surface area contributed by atoms with Gasteiger partial charge >= 0.3 is 12.4 Å². The molecule has 1 aliphatic rings. The van der Waals surface area contributed by atoms with Gasteiger partial charge in [-0.3, -0.25) is 4.79 Å². The molecule has 1 N–H and O–H groups in total. The Bertz CT molecular complexity index is 1440. The lowest BCUT2D eigenvalue weighted by Gasteiger charge is -2.30. The van der Waals surface area contributed by atoms with E-state index in [0.717, 1.165) is 6.07 Å². The van der Waals surface area contributed by atoms with Crippen LogP contribution in [0, 0.1) is 0 Å². The van der Waals surface area contributed by atoms with Gasteiger partial charge in [0.15, 0.2) is 0 Å². The normalized spacial score (nSPS) is 17.9. The summed E-state index contributed by atoms with van der Waals surface area (Å²) in [6.45, 7) is 0.0664. The lowest BCUT2D eigenvalue weighted by atomic mass is 9.84. The molecule has 4 rings (SSSR count). The van der Waals surface area contributed by atoms with E-state index in [1.807, 2.05) is 0 Å². The highest BCUT2D eigenvalue weighted by molar-refractivity contribution is 6.30.